The first-order valence-corrected chi connectivity index (χ1v) is 18.9. The molecule has 1 aromatic carbocycles. The molecule has 0 saturated carbocycles. The van der Waals surface area contributed by atoms with E-state index >= 15 is 0 Å². The van der Waals surface area contributed by atoms with Crippen molar-refractivity contribution >= 4 is 29.1 Å². The molecule has 1 aromatic heterocycles. The second kappa shape index (κ2) is 24.5. The first-order chi connectivity index (χ1) is 22.4. The highest BCUT2D eigenvalue weighted by Gasteiger charge is 2.26. The van der Waals surface area contributed by atoms with Gasteiger partial charge in [-0.1, -0.05) is 83.9 Å². The highest BCUT2D eigenvalue weighted by atomic mass is 32.1. The quantitative estimate of drug-likeness (QED) is 0.0757. The zero-order valence-corrected chi connectivity index (χ0v) is 29.8. The van der Waals surface area contributed by atoms with Crippen molar-refractivity contribution in [1.29, 1.82) is 0 Å². The standard InChI is InChI=1S/C22H29NO2S.C16H32N2O2/c1-3-13-23(14-12-19-8-6-15-26-19)18-10-11-20-17(16-18)7-5-9-21(20)25-22(24)4-2;1-2-3-4-11-14-18-16(20)13-10-8-6-5-7-9-12-15(17)19/h5-9,15,18H,3-4,10-14,16H2,1-2H3;2-14H2,1H3,(H2,17,19)(H,18,20)/t18-;/m1./s1. The van der Waals surface area contributed by atoms with Gasteiger partial charge in [-0.2, -0.15) is 0 Å². The number of benzene rings is 1. The fourth-order valence-electron chi connectivity index (χ4n) is 5.99. The van der Waals surface area contributed by atoms with E-state index in [-0.39, 0.29) is 17.8 Å². The smallest absolute Gasteiger partial charge is 0.310 e. The summed E-state index contributed by atoms with van der Waals surface area (Å²) in [5, 5.41) is 5.14. The van der Waals surface area contributed by atoms with Gasteiger partial charge in [0.05, 0.1) is 0 Å². The van der Waals surface area contributed by atoms with Crippen molar-refractivity contribution in [2.75, 3.05) is 19.6 Å². The van der Waals surface area contributed by atoms with Gasteiger partial charge < -0.3 is 15.8 Å². The summed E-state index contributed by atoms with van der Waals surface area (Å²) < 4.78 is 5.55. The lowest BCUT2D eigenvalue weighted by atomic mass is 9.86. The normalized spacial score (nSPS) is 13.9. The summed E-state index contributed by atoms with van der Waals surface area (Å²) in [4.78, 5) is 37.9. The van der Waals surface area contributed by atoms with E-state index in [2.05, 4.69) is 47.6 Å². The molecule has 0 bridgehead atoms. The van der Waals surface area contributed by atoms with Crippen molar-refractivity contribution in [2.24, 2.45) is 5.73 Å². The van der Waals surface area contributed by atoms with Gasteiger partial charge in [0, 0.05) is 43.3 Å². The average Bonchev–Trinajstić information content (AvgIpc) is 3.58. The van der Waals surface area contributed by atoms with Crippen LogP contribution in [0.4, 0.5) is 0 Å². The third-order valence-corrected chi connectivity index (χ3v) is 9.54. The molecule has 3 N–H and O–H groups in total. The number of nitrogens with zero attached hydrogens (tertiary/aromatic N) is 1. The minimum atomic E-state index is -0.208. The maximum atomic E-state index is 11.7. The van der Waals surface area contributed by atoms with Gasteiger partial charge >= 0.3 is 5.97 Å². The number of fused-ring (bicyclic) bond motifs is 1. The minimum absolute atomic E-state index is 0.149. The van der Waals surface area contributed by atoms with E-state index in [9.17, 15) is 14.4 Å². The molecule has 0 saturated heterocycles. The number of carbonyl (C=O) groups is 3. The van der Waals surface area contributed by atoms with Crippen molar-refractivity contribution < 1.29 is 19.1 Å². The Balaban J connectivity index is 0.000000334. The molecule has 3 rings (SSSR count). The Bertz CT molecular complexity index is 1120. The Morgan fingerprint density at radius 1 is 0.891 bits per heavy atom. The summed E-state index contributed by atoms with van der Waals surface area (Å²) >= 11 is 1.85. The lowest BCUT2D eigenvalue weighted by Crippen LogP contribution is -2.41. The van der Waals surface area contributed by atoms with Crippen molar-refractivity contribution in [3.05, 3.63) is 51.7 Å². The predicted octanol–water partition coefficient (Wildman–Crippen LogP) is 8.16. The number of primary amides is 1. The van der Waals surface area contributed by atoms with E-state index in [4.69, 9.17) is 10.5 Å². The summed E-state index contributed by atoms with van der Waals surface area (Å²) in [6, 6.07) is 11.1. The molecule has 258 valence electrons. The number of ether oxygens (including phenoxy) is 1. The zero-order chi connectivity index (χ0) is 33.4. The van der Waals surface area contributed by atoms with Crippen molar-refractivity contribution in [3.63, 3.8) is 0 Å². The van der Waals surface area contributed by atoms with Crippen LogP contribution >= 0.6 is 11.3 Å². The number of carbonyl (C=O) groups excluding carboxylic acids is 3. The molecule has 46 heavy (non-hydrogen) atoms. The molecule has 1 aliphatic carbocycles. The molecule has 2 amide bonds. The molecule has 1 atom stereocenters. The maximum absolute atomic E-state index is 11.7. The van der Waals surface area contributed by atoms with Gasteiger partial charge in [-0.25, -0.2) is 0 Å². The molecule has 0 fully saturated rings. The summed E-state index contributed by atoms with van der Waals surface area (Å²) in [7, 11) is 0. The van der Waals surface area contributed by atoms with Crippen LogP contribution in [0.25, 0.3) is 0 Å². The molecule has 1 aliphatic rings. The van der Waals surface area contributed by atoms with Crippen LogP contribution < -0.4 is 15.8 Å². The lowest BCUT2D eigenvalue weighted by Gasteiger charge is -2.35. The molecule has 7 nitrogen and oxygen atoms in total. The Labute approximate surface area is 283 Å². The zero-order valence-electron chi connectivity index (χ0n) is 29.0. The third kappa shape index (κ3) is 16.7. The van der Waals surface area contributed by atoms with E-state index in [1.165, 1.54) is 41.7 Å². The number of unbranched alkanes of at least 4 members (excludes halogenated alkanes) is 8. The summed E-state index contributed by atoms with van der Waals surface area (Å²) in [5.41, 5.74) is 7.65. The van der Waals surface area contributed by atoms with Crippen LogP contribution in [0.15, 0.2) is 35.7 Å². The van der Waals surface area contributed by atoms with Gasteiger partial charge in [0.2, 0.25) is 11.8 Å². The van der Waals surface area contributed by atoms with Crippen LogP contribution in [0, 0.1) is 0 Å². The number of nitrogens with one attached hydrogen (secondary N) is 1. The number of amides is 2. The van der Waals surface area contributed by atoms with Crippen LogP contribution in [0.1, 0.15) is 133 Å². The average molecular weight is 656 g/mol. The van der Waals surface area contributed by atoms with E-state index in [0.29, 0.717) is 25.3 Å². The van der Waals surface area contributed by atoms with E-state index in [0.717, 1.165) is 96.0 Å². The molecule has 0 aliphatic heterocycles. The minimum Gasteiger partial charge on any atom is -0.426 e. The number of thiophene rings is 1. The fourth-order valence-corrected chi connectivity index (χ4v) is 6.69. The van der Waals surface area contributed by atoms with Crippen LogP contribution in [0.3, 0.4) is 0 Å². The monoisotopic (exact) mass is 655 g/mol. The van der Waals surface area contributed by atoms with Crippen LogP contribution in [-0.4, -0.2) is 48.4 Å². The van der Waals surface area contributed by atoms with E-state index in [1.807, 2.05) is 30.4 Å². The number of nitrogens with two attached hydrogens (primary N) is 1. The topological polar surface area (TPSA) is 102 Å². The summed E-state index contributed by atoms with van der Waals surface area (Å²) in [6.45, 7) is 9.38. The van der Waals surface area contributed by atoms with Gasteiger partial charge in [0.25, 0.3) is 0 Å². The molecule has 0 unspecified atom stereocenters. The van der Waals surface area contributed by atoms with Crippen LogP contribution in [-0.2, 0) is 33.6 Å². The second-order valence-corrected chi connectivity index (χ2v) is 13.5. The van der Waals surface area contributed by atoms with Gasteiger partial charge in [-0.05, 0) is 86.6 Å². The number of rotatable bonds is 22. The van der Waals surface area contributed by atoms with Crippen molar-refractivity contribution in [1.82, 2.24) is 10.2 Å². The second-order valence-electron chi connectivity index (χ2n) is 12.5. The molecular weight excluding hydrogens is 595 g/mol. The first-order valence-electron chi connectivity index (χ1n) is 18.0. The number of esters is 1. The molecule has 1 heterocycles. The molecule has 8 heteroatoms. The lowest BCUT2D eigenvalue weighted by molar-refractivity contribution is -0.134. The summed E-state index contributed by atoms with van der Waals surface area (Å²) in [5.74, 6) is 0.605. The first kappa shape index (κ1) is 39.5. The van der Waals surface area contributed by atoms with E-state index < -0.39 is 0 Å². The van der Waals surface area contributed by atoms with Gasteiger partial charge in [-0.15, -0.1) is 11.3 Å². The Kier molecular flexibility index (Phi) is 21.0. The Morgan fingerprint density at radius 3 is 2.30 bits per heavy atom. The highest BCUT2D eigenvalue weighted by Crippen LogP contribution is 2.32. The largest absolute Gasteiger partial charge is 0.426 e. The van der Waals surface area contributed by atoms with Gasteiger partial charge in [-0.3, -0.25) is 19.3 Å². The maximum Gasteiger partial charge on any atom is 0.310 e. The van der Waals surface area contributed by atoms with Crippen molar-refractivity contribution in [3.8, 4) is 5.75 Å². The molecule has 0 radical (unpaired) electrons. The fraction of sp³-hybridized carbons (Fsp3) is 0.658. The van der Waals surface area contributed by atoms with Crippen molar-refractivity contribution in [2.45, 2.75) is 142 Å². The SMILES string of the molecule is CCCCCCNC(=O)CCCCCCCCC(N)=O.CCCN(CCc1cccs1)[C@@H]1CCc2c(cccc2OC(=O)CC)C1. The van der Waals surface area contributed by atoms with Crippen LogP contribution in [0.2, 0.25) is 0 Å². The number of hydrogen-bond acceptors (Lipinski definition) is 6. The van der Waals surface area contributed by atoms with Gasteiger partial charge in [0.15, 0.2) is 0 Å². The highest BCUT2D eigenvalue weighted by molar-refractivity contribution is 7.09. The Hall–Kier alpha value is -2.71. The molecular formula is C38H61N3O4S. The predicted molar refractivity (Wildman–Crippen MR) is 191 cm³/mol. The Morgan fingerprint density at radius 2 is 1.63 bits per heavy atom. The number of hydrogen-bond donors (Lipinski definition) is 2. The third-order valence-electron chi connectivity index (χ3n) is 8.61. The van der Waals surface area contributed by atoms with Gasteiger partial charge in [0.1, 0.15) is 5.75 Å². The molecule has 0 spiro atoms. The molecule has 2 aromatic rings. The summed E-state index contributed by atoms with van der Waals surface area (Å²) in [6.07, 6.45) is 18.2. The van der Waals surface area contributed by atoms with Crippen LogP contribution in [0.5, 0.6) is 5.75 Å². The van der Waals surface area contributed by atoms with E-state index in [1.54, 1.807) is 0 Å².